The van der Waals surface area contributed by atoms with E-state index in [2.05, 4.69) is 17.3 Å². The van der Waals surface area contributed by atoms with Gasteiger partial charge in [0.1, 0.15) is 0 Å². The number of aryl methyl sites for hydroxylation is 1. The Hall–Kier alpha value is -1.62. The van der Waals surface area contributed by atoms with Crippen LogP contribution >= 0.6 is 11.3 Å². The second-order valence-corrected chi connectivity index (χ2v) is 5.39. The van der Waals surface area contributed by atoms with Gasteiger partial charge in [0.25, 0.3) is 5.91 Å². The number of thiophene rings is 1. The molecule has 18 heavy (non-hydrogen) atoms. The second kappa shape index (κ2) is 5.82. The molecule has 2 aromatic rings. The van der Waals surface area contributed by atoms with Gasteiger partial charge in [-0.25, -0.2) is 0 Å². The third kappa shape index (κ3) is 3.20. The monoisotopic (exact) mass is 263 g/mol. The van der Waals surface area contributed by atoms with Crippen LogP contribution in [-0.4, -0.2) is 21.7 Å². The molecule has 5 heteroatoms. The smallest absolute Gasteiger partial charge is 0.261 e. The van der Waals surface area contributed by atoms with E-state index in [4.69, 9.17) is 0 Å². The minimum absolute atomic E-state index is 0.000596. The third-order valence-corrected chi connectivity index (χ3v) is 3.86. The van der Waals surface area contributed by atoms with Gasteiger partial charge in [0.2, 0.25) is 0 Å². The van der Waals surface area contributed by atoms with Crippen molar-refractivity contribution < 1.29 is 4.79 Å². The van der Waals surface area contributed by atoms with Crippen molar-refractivity contribution in [2.45, 2.75) is 32.9 Å². The first-order chi connectivity index (χ1) is 8.69. The molecule has 0 aliphatic heterocycles. The molecule has 0 spiro atoms. The SMILES string of the molecule is CCc1ccc(C(=O)N[C@H](C)Cn2cccn2)s1. The van der Waals surface area contributed by atoms with Gasteiger partial charge in [0.05, 0.1) is 11.4 Å². The average Bonchev–Trinajstić information content (AvgIpc) is 2.98. The molecular formula is C13H17N3OS. The predicted octanol–water partition coefficient (Wildman–Crippen LogP) is 2.33. The van der Waals surface area contributed by atoms with Crippen molar-refractivity contribution in [3.8, 4) is 0 Å². The minimum atomic E-state index is -0.000596. The molecule has 0 bridgehead atoms. The molecule has 96 valence electrons. The van der Waals surface area contributed by atoms with Crippen molar-refractivity contribution >= 4 is 17.2 Å². The molecule has 2 heterocycles. The Kier molecular flexibility index (Phi) is 4.15. The number of hydrogen-bond acceptors (Lipinski definition) is 3. The molecule has 1 N–H and O–H groups in total. The van der Waals surface area contributed by atoms with E-state index >= 15 is 0 Å². The minimum Gasteiger partial charge on any atom is -0.347 e. The molecule has 0 saturated carbocycles. The van der Waals surface area contributed by atoms with E-state index in [0.717, 1.165) is 11.3 Å². The highest BCUT2D eigenvalue weighted by Crippen LogP contribution is 2.16. The summed E-state index contributed by atoms with van der Waals surface area (Å²) in [5.41, 5.74) is 0. The molecule has 4 nitrogen and oxygen atoms in total. The Morgan fingerprint density at radius 2 is 2.39 bits per heavy atom. The Morgan fingerprint density at radius 1 is 1.56 bits per heavy atom. The van der Waals surface area contributed by atoms with Crippen molar-refractivity contribution in [1.82, 2.24) is 15.1 Å². The first-order valence-electron chi connectivity index (χ1n) is 6.06. The highest BCUT2D eigenvalue weighted by molar-refractivity contribution is 7.14. The summed E-state index contributed by atoms with van der Waals surface area (Å²) in [6.45, 7) is 4.76. The largest absolute Gasteiger partial charge is 0.347 e. The van der Waals surface area contributed by atoms with Crippen LogP contribution in [0.15, 0.2) is 30.6 Å². The predicted molar refractivity (Wildman–Crippen MR) is 72.9 cm³/mol. The fourth-order valence-electron chi connectivity index (χ4n) is 1.72. The van der Waals surface area contributed by atoms with E-state index in [9.17, 15) is 4.79 Å². The summed E-state index contributed by atoms with van der Waals surface area (Å²) in [4.78, 5) is 14.0. The van der Waals surface area contributed by atoms with Gasteiger partial charge in [-0.2, -0.15) is 5.10 Å². The van der Waals surface area contributed by atoms with Gasteiger partial charge in [-0.05, 0) is 31.5 Å². The molecule has 0 aliphatic rings. The number of carbonyl (C=O) groups excluding carboxylic acids is 1. The van der Waals surface area contributed by atoms with Crippen LogP contribution in [0.4, 0.5) is 0 Å². The topological polar surface area (TPSA) is 46.9 Å². The van der Waals surface area contributed by atoms with Crippen LogP contribution in [0.25, 0.3) is 0 Å². The van der Waals surface area contributed by atoms with Crippen LogP contribution in [0.3, 0.4) is 0 Å². The van der Waals surface area contributed by atoms with Gasteiger partial charge in [0.15, 0.2) is 0 Å². The summed E-state index contributed by atoms with van der Waals surface area (Å²) in [7, 11) is 0. The Balaban J connectivity index is 1.90. The van der Waals surface area contributed by atoms with Gasteiger partial charge in [0, 0.05) is 23.3 Å². The zero-order chi connectivity index (χ0) is 13.0. The summed E-state index contributed by atoms with van der Waals surface area (Å²) >= 11 is 1.56. The lowest BCUT2D eigenvalue weighted by atomic mass is 10.3. The van der Waals surface area contributed by atoms with Gasteiger partial charge in [-0.3, -0.25) is 9.48 Å². The molecule has 0 saturated heterocycles. The summed E-state index contributed by atoms with van der Waals surface area (Å²) in [5, 5.41) is 7.10. The molecule has 1 amide bonds. The fourth-order valence-corrected chi connectivity index (χ4v) is 2.57. The summed E-state index contributed by atoms with van der Waals surface area (Å²) < 4.78 is 1.82. The molecule has 0 fully saturated rings. The molecule has 2 rings (SSSR count). The van der Waals surface area contributed by atoms with Crippen molar-refractivity contribution in [3.05, 3.63) is 40.3 Å². The first kappa shape index (κ1) is 12.8. The van der Waals surface area contributed by atoms with Gasteiger partial charge < -0.3 is 5.32 Å². The van der Waals surface area contributed by atoms with Crippen LogP contribution in [-0.2, 0) is 13.0 Å². The van der Waals surface area contributed by atoms with Crippen LogP contribution in [0.2, 0.25) is 0 Å². The quantitative estimate of drug-likeness (QED) is 0.900. The Bertz CT molecular complexity index is 504. The Morgan fingerprint density at radius 3 is 3.00 bits per heavy atom. The van der Waals surface area contributed by atoms with Crippen LogP contribution < -0.4 is 5.32 Å². The lowest BCUT2D eigenvalue weighted by Crippen LogP contribution is -2.35. The maximum Gasteiger partial charge on any atom is 0.261 e. The van der Waals surface area contributed by atoms with Crippen LogP contribution in [0, 0.1) is 0 Å². The van der Waals surface area contributed by atoms with E-state index in [1.54, 1.807) is 17.5 Å². The highest BCUT2D eigenvalue weighted by atomic mass is 32.1. The maximum atomic E-state index is 12.0. The molecular weight excluding hydrogens is 246 g/mol. The molecule has 1 atom stereocenters. The standard InChI is InChI=1S/C13H17N3OS/c1-3-11-5-6-12(18-11)13(17)15-10(2)9-16-8-4-7-14-16/h4-8,10H,3,9H2,1-2H3,(H,15,17)/t10-/m1/s1. The molecule has 0 aliphatic carbocycles. The van der Waals surface area contributed by atoms with Crippen LogP contribution in [0.5, 0.6) is 0 Å². The van der Waals surface area contributed by atoms with Crippen LogP contribution in [0.1, 0.15) is 28.4 Å². The molecule has 0 radical (unpaired) electrons. The van der Waals surface area contributed by atoms with Gasteiger partial charge >= 0.3 is 0 Å². The first-order valence-corrected chi connectivity index (χ1v) is 6.87. The van der Waals surface area contributed by atoms with Crippen molar-refractivity contribution in [3.63, 3.8) is 0 Å². The number of hydrogen-bond donors (Lipinski definition) is 1. The van der Waals surface area contributed by atoms with E-state index in [1.807, 2.05) is 36.0 Å². The van der Waals surface area contributed by atoms with E-state index in [-0.39, 0.29) is 11.9 Å². The highest BCUT2D eigenvalue weighted by Gasteiger charge is 2.12. The summed E-state index contributed by atoms with van der Waals surface area (Å²) in [6.07, 6.45) is 4.60. The Labute approximate surface area is 111 Å². The normalized spacial score (nSPS) is 12.3. The number of carbonyl (C=O) groups is 1. The number of rotatable bonds is 5. The zero-order valence-corrected chi connectivity index (χ0v) is 11.4. The number of nitrogens with zero attached hydrogens (tertiary/aromatic N) is 2. The lowest BCUT2D eigenvalue weighted by Gasteiger charge is -2.13. The molecule has 0 aromatic carbocycles. The van der Waals surface area contributed by atoms with Gasteiger partial charge in [-0.15, -0.1) is 11.3 Å². The summed E-state index contributed by atoms with van der Waals surface area (Å²) in [6, 6.07) is 5.84. The van der Waals surface area contributed by atoms with Gasteiger partial charge in [-0.1, -0.05) is 6.92 Å². The van der Waals surface area contributed by atoms with E-state index in [0.29, 0.717) is 6.54 Å². The number of amides is 1. The summed E-state index contributed by atoms with van der Waals surface area (Å²) in [5.74, 6) is -0.000596. The lowest BCUT2D eigenvalue weighted by molar-refractivity contribution is 0.0940. The zero-order valence-electron chi connectivity index (χ0n) is 10.6. The third-order valence-electron chi connectivity index (χ3n) is 2.63. The number of aromatic nitrogens is 2. The number of nitrogens with one attached hydrogen (secondary N) is 1. The van der Waals surface area contributed by atoms with Crippen molar-refractivity contribution in [1.29, 1.82) is 0 Å². The molecule has 0 unspecified atom stereocenters. The molecule has 2 aromatic heterocycles. The maximum absolute atomic E-state index is 12.0. The van der Waals surface area contributed by atoms with E-state index in [1.165, 1.54) is 4.88 Å². The van der Waals surface area contributed by atoms with E-state index < -0.39 is 0 Å². The van der Waals surface area contributed by atoms with Crippen molar-refractivity contribution in [2.75, 3.05) is 0 Å². The second-order valence-electron chi connectivity index (χ2n) is 4.22. The fraction of sp³-hybridized carbons (Fsp3) is 0.385. The van der Waals surface area contributed by atoms with Crippen molar-refractivity contribution in [2.24, 2.45) is 0 Å². The average molecular weight is 263 g/mol.